The maximum Gasteiger partial charge on any atom is 0.0433 e. The Bertz CT molecular complexity index is 114. The summed E-state index contributed by atoms with van der Waals surface area (Å²) in [4.78, 5) is 0. The maximum atomic E-state index is 8.46. The van der Waals surface area contributed by atoms with Gasteiger partial charge in [-0.05, 0) is 25.7 Å². The Kier molecular flexibility index (Phi) is 8.96. The zero-order valence-corrected chi connectivity index (χ0v) is 7.29. The standard InChI is InChI=1S/C10H18O/c1-2-3-4-5-6-7-8-9-10-11/h3-4,6-7,11H,2,5,8-10H2,1H3/b4-3+,7-6+. The predicted octanol–water partition coefficient (Wildman–Crippen LogP) is 2.67. The molecule has 0 aliphatic heterocycles. The number of allylic oxidation sites excluding steroid dienone is 4. The summed E-state index contributed by atoms with van der Waals surface area (Å²) < 4.78 is 0. The number of hydrogen-bond donors (Lipinski definition) is 1. The summed E-state index contributed by atoms with van der Waals surface area (Å²) in [7, 11) is 0. The molecule has 0 unspecified atom stereocenters. The Hall–Kier alpha value is -0.560. The molecule has 1 nitrogen and oxygen atoms in total. The lowest BCUT2D eigenvalue weighted by atomic mass is 10.2. The van der Waals surface area contributed by atoms with Crippen molar-refractivity contribution in [3.05, 3.63) is 24.3 Å². The van der Waals surface area contributed by atoms with Crippen LogP contribution in [-0.4, -0.2) is 11.7 Å². The van der Waals surface area contributed by atoms with Gasteiger partial charge in [0.25, 0.3) is 0 Å². The summed E-state index contributed by atoms with van der Waals surface area (Å²) in [5.41, 5.74) is 0. The first-order valence-electron chi connectivity index (χ1n) is 4.32. The van der Waals surface area contributed by atoms with Gasteiger partial charge in [-0.15, -0.1) is 0 Å². The van der Waals surface area contributed by atoms with Gasteiger partial charge in [-0.2, -0.15) is 0 Å². The predicted molar refractivity (Wildman–Crippen MR) is 49.5 cm³/mol. The van der Waals surface area contributed by atoms with Gasteiger partial charge in [-0.3, -0.25) is 0 Å². The van der Waals surface area contributed by atoms with E-state index in [1.807, 2.05) is 0 Å². The van der Waals surface area contributed by atoms with Gasteiger partial charge in [0.2, 0.25) is 0 Å². The van der Waals surface area contributed by atoms with Crippen molar-refractivity contribution in [2.24, 2.45) is 0 Å². The minimum atomic E-state index is 0.301. The second kappa shape index (κ2) is 9.44. The molecule has 0 heterocycles. The highest BCUT2D eigenvalue weighted by Gasteiger charge is 1.77. The quantitative estimate of drug-likeness (QED) is 0.460. The largest absolute Gasteiger partial charge is 0.396 e. The Labute approximate surface area is 69.4 Å². The van der Waals surface area contributed by atoms with Crippen LogP contribution in [0.2, 0.25) is 0 Å². The van der Waals surface area contributed by atoms with Crippen LogP contribution < -0.4 is 0 Å². The van der Waals surface area contributed by atoms with E-state index in [4.69, 9.17) is 5.11 Å². The number of aliphatic hydroxyl groups excluding tert-OH is 1. The van der Waals surface area contributed by atoms with Crippen LogP contribution in [0.4, 0.5) is 0 Å². The first kappa shape index (κ1) is 10.4. The summed E-state index contributed by atoms with van der Waals surface area (Å²) in [6, 6.07) is 0. The molecular weight excluding hydrogens is 136 g/mol. The SMILES string of the molecule is CC/C=C/C/C=C/CCCO. The van der Waals surface area contributed by atoms with Gasteiger partial charge in [0, 0.05) is 6.61 Å². The molecule has 0 aromatic heterocycles. The second-order valence-corrected chi connectivity index (χ2v) is 2.45. The Morgan fingerprint density at radius 1 is 1.09 bits per heavy atom. The lowest BCUT2D eigenvalue weighted by Gasteiger charge is -1.86. The first-order chi connectivity index (χ1) is 5.41. The zero-order valence-electron chi connectivity index (χ0n) is 7.29. The molecular formula is C10H18O. The minimum absolute atomic E-state index is 0.301. The van der Waals surface area contributed by atoms with Crippen LogP contribution in [-0.2, 0) is 0 Å². The van der Waals surface area contributed by atoms with E-state index in [0.717, 1.165) is 25.7 Å². The lowest BCUT2D eigenvalue weighted by molar-refractivity contribution is 0.289. The third-order valence-electron chi connectivity index (χ3n) is 1.37. The highest BCUT2D eigenvalue weighted by atomic mass is 16.2. The summed E-state index contributed by atoms with van der Waals surface area (Å²) in [6.45, 7) is 2.43. The maximum absolute atomic E-state index is 8.46. The molecule has 0 aromatic rings. The van der Waals surface area contributed by atoms with Gasteiger partial charge in [0.1, 0.15) is 0 Å². The van der Waals surface area contributed by atoms with Gasteiger partial charge < -0.3 is 5.11 Å². The summed E-state index contributed by atoms with van der Waals surface area (Å²) in [5.74, 6) is 0. The fraction of sp³-hybridized carbons (Fsp3) is 0.600. The molecule has 0 fully saturated rings. The third-order valence-corrected chi connectivity index (χ3v) is 1.37. The smallest absolute Gasteiger partial charge is 0.0433 e. The Morgan fingerprint density at radius 2 is 1.82 bits per heavy atom. The zero-order chi connectivity index (χ0) is 8.36. The Morgan fingerprint density at radius 3 is 2.45 bits per heavy atom. The number of rotatable bonds is 6. The van der Waals surface area contributed by atoms with Crippen molar-refractivity contribution in [2.75, 3.05) is 6.61 Å². The van der Waals surface area contributed by atoms with Crippen molar-refractivity contribution >= 4 is 0 Å². The van der Waals surface area contributed by atoms with Gasteiger partial charge in [-0.1, -0.05) is 31.2 Å². The molecule has 0 aromatic carbocycles. The van der Waals surface area contributed by atoms with Gasteiger partial charge >= 0.3 is 0 Å². The summed E-state index contributed by atoms with van der Waals surface area (Å²) >= 11 is 0. The molecule has 0 aliphatic rings. The molecule has 0 saturated heterocycles. The molecule has 11 heavy (non-hydrogen) atoms. The average Bonchev–Trinajstić information content (AvgIpc) is 2.03. The van der Waals surface area contributed by atoms with E-state index in [9.17, 15) is 0 Å². The van der Waals surface area contributed by atoms with E-state index >= 15 is 0 Å². The van der Waals surface area contributed by atoms with Crippen molar-refractivity contribution in [3.63, 3.8) is 0 Å². The topological polar surface area (TPSA) is 20.2 Å². The fourth-order valence-corrected chi connectivity index (χ4v) is 0.765. The van der Waals surface area contributed by atoms with Gasteiger partial charge in [0.15, 0.2) is 0 Å². The van der Waals surface area contributed by atoms with Crippen molar-refractivity contribution < 1.29 is 5.11 Å². The van der Waals surface area contributed by atoms with E-state index in [1.165, 1.54) is 0 Å². The van der Waals surface area contributed by atoms with Crippen LogP contribution in [0.5, 0.6) is 0 Å². The molecule has 0 bridgehead atoms. The van der Waals surface area contributed by atoms with Crippen molar-refractivity contribution in [3.8, 4) is 0 Å². The molecule has 0 spiro atoms. The number of aliphatic hydroxyl groups is 1. The highest BCUT2D eigenvalue weighted by Crippen LogP contribution is 1.93. The Balaban J connectivity index is 3.09. The number of unbranched alkanes of at least 4 members (excludes halogenated alkanes) is 1. The van der Waals surface area contributed by atoms with Crippen LogP contribution in [0.1, 0.15) is 32.6 Å². The van der Waals surface area contributed by atoms with Crippen LogP contribution in [0.3, 0.4) is 0 Å². The molecule has 0 radical (unpaired) electrons. The van der Waals surface area contributed by atoms with E-state index in [1.54, 1.807) is 0 Å². The molecule has 64 valence electrons. The second-order valence-electron chi connectivity index (χ2n) is 2.45. The lowest BCUT2D eigenvalue weighted by Crippen LogP contribution is -1.77. The van der Waals surface area contributed by atoms with E-state index in [0.29, 0.717) is 6.61 Å². The fourth-order valence-electron chi connectivity index (χ4n) is 0.765. The molecule has 1 N–H and O–H groups in total. The molecule has 0 saturated carbocycles. The molecule has 0 atom stereocenters. The van der Waals surface area contributed by atoms with Crippen LogP contribution in [0, 0.1) is 0 Å². The third kappa shape index (κ3) is 9.44. The van der Waals surface area contributed by atoms with Crippen LogP contribution in [0.15, 0.2) is 24.3 Å². The van der Waals surface area contributed by atoms with Crippen LogP contribution in [0.25, 0.3) is 0 Å². The van der Waals surface area contributed by atoms with E-state index in [2.05, 4.69) is 31.2 Å². The minimum Gasteiger partial charge on any atom is -0.396 e. The normalized spacial score (nSPS) is 11.8. The molecule has 1 heteroatoms. The van der Waals surface area contributed by atoms with Crippen molar-refractivity contribution in [1.82, 2.24) is 0 Å². The molecule has 0 amide bonds. The first-order valence-corrected chi connectivity index (χ1v) is 4.32. The van der Waals surface area contributed by atoms with E-state index < -0.39 is 0 Å². The van der Waals surface area contributed by atoms with Gasteiger partial charge in [-0.25, -0.2) is 0 Å². The highest BCUT2D eigenvalue weighted by molar-refractivity contribution is 4.92. The molecule has 0 aliphatic carbocycles. The van der Waals surface area contributed by atoms with Gasteiger partial charge in [0.05, 0.1) is 0 Å². The van der Waals surface area contributed by atoms with Crippen molar-refractivity contribution in [2.45, 2.75) is 32.6 Å². The van der Waals surface area contributed by atoms with E-state index in [-0.39, 0.29) is 0 Å². The monoisotopic (exact) mass is 154 g/mol. The summed E-state index contributed by atoms with van der Waals surface area (Å²) in [5, 5.41) is 8.46. The average molecular weight is 154 g/mol. The van der Waals surface area contributed by atoms with Crippen LogP contribution >= 0.6 is 0 Å². The number of hydrogen-bond acceptors (Lipinski definition) is 1. The van der Waals surface area contributed by atoms with Crippen molar-refractivity contribution in [1.29, 1.82) is 0 Å². The molecule has 0 rings (SSSR count). The summed E-state index contributed by atoms with van der Waals surface area (Å²) in [6.07, 6.45) is 12.6.